The average molecular weight is 329 g/mol. The summed E-state index contributed by atoms with van der Waals surface area (Å²) in [5.41, 5.74) is -0.106. The standard InChI is InChI=1S/C14H19NO6S/c1-4-5-8-15-22(18,19)12-9-10(13(16)20-2)6-7-11(12)14(17)21-3/h6-7,9,15H,4-5,8H2,1-3H3. The predicted octanol–water partition coefficient (Wildman–Crippen LogP) is 1.34. The van der Waals surface area contributed by atoms with Crippen LogP contribution in [0.2, 0.25) is 0 Å². The summed E-state index contributed by atoms with van der Waals surface area (Å²) in [7, 11) is -1.61. The number of methoxy groups -OCH3 is 2. The minimum atomic E-state index is -3.94. The molecule has 1 aromatic carbocycles. The number of unbranched alkanes of at least 4 members (excludes halogenated alkanes) is 1. The van der Waals surface area contributed by atoms with Gasteiger partial charge < -0.3 is 9.47 Å². The molecule has 0 aliphatic heterocycles. The highest BCUT2D eigenvalue weighted by Crippen LogP contribution is 2.19. The van der Waals surface area contributed by atoms with Gasteiger partial charge in [0, 0.05) is 6.54 Å². The highest BCUT2D eigenvalue weighted by molar-refractivity contribution is 7.89. The molecule has 0 amide bonds. The molecule has 1 rings (SSSR count). The number of sulfonamides is 1. The van der Waals surface area contributed by atoms with E-state index in [0.717, 1.165) is 19.6 Å². The lowest BCUT2D eigenvalue weighted by atomic mass is 10.1. The van der Waals surface area contributed by atoms with Gasteiger partial charge in [-0.25, -0.2) is 22.7 Å². The van der Waals surface area contributed by atoms with Crippen LogP contribution in [0.1, 0.15) is 40.5 Å². The summed E-state index contributed by atoms with van der Waals surface area (Å²) in [6.45, 7) is 2.16. The molecule has 22 heavy (non-hydrogen) atoms. The molecule has 0 unspecified atom stereocenters. The summed E-state index contributed by atoms with van der Waals surface area (Å²) in [5, 5.41) is 0. The molecular formula is C14H19NO6S. The number of ether oxygens (including phenoxy) is 2. The van der Waals surface area contributed by atoms with E-state index in [1.54, 1.807) is 0 Å². The van der Waals surface area contributed by atoms with Crippen molar-refractivity contribution < 1.29 is 27.5 Å². The maximum atomic E-state index is 12.3. The first-order chi connectivity index (χ1) is 10.4. The van der Waals surface area contributed by atoms with E-state index in [1.165, 1.54) is 19.2 Å². The second kappa shape index (κ2) is 7.90. The topological polar surface area (TPSA) is 98.8 Å². The van der Waals surface area contributed by atoms with Crippen LogP contribution < -0.4 is 4.72 Å². The van der Waals surface area contributed by atoms with Crippen molar-refractivity contribution in [3.8, 4) is 0 Å². The SMILES string of the molecule is CCCCNS(=O)(=O)c1cc(C(=O)OC)ccc1C(=O)OC. The Morgan fingerprint density at radius 3 is 2.32 bits per heavy atom. The fourth-order valence-corrected chi connectivity index (χ4v) is 3.02. The molecule has 0 aliphatic rings. The molecule has 1 N–H and O–H groups in total. The van der Waals surface area contributed by atoms with Gasteiger partial charge in [0.05, 0.1) is 30.2 Å². The molecule has 8 heteroatoms. The van der Waals surface area contributed by atoms with Crippen molar-refractivity contribution >= 4 is 22.0 Å². The Morgan fingerprint density at radius 2 is 1.77 bits per heavy atom. The van der Waals surface area contributed by atoms with Crippen LogP contribution >= 0.6 is 0 Å². The number of carbonyl (C=O) groups is 2. The van der Waals surface area contributed by atoms with Gasteiger partial charge in [0.15, 0.2) is 0 Å². The molecule has 0 atom stereocenters. The number of rotatable bonds is 7. The summed E-state index contributed by atoms with van der Waals surface area (Å²) in [6, 6.07) is 3.64. The van der Waals surface area contributed by atoms with Crippen molar-refractivity contribution in [1.82, 2.24) is 4.72 Å². The first kappa shape index (κ1) is 18.1. The number of hydrogen-bond acceptors (Lipinski definition) is 6. The van der Waals surface area contributed by atoms with Crippen LogP contribution in [-0.2, 0) is 19.5 Å². The van der Waals surface area contributed by atoms with Crippen LogP contribution in [0.4, 0.5) is 0 Å². The van der Waals surface area contributed by atoms with E-state index < -0.39 is 22.0 Å². The minimum absolute atomic E-state index is 0.0334. The van der Waals surface area contributed by atoms with Crippen molar-refractivity contribution in [3.63, 3.8) is 0 Å². The van der Waals surface area contributed by atoms with Gasteiger partial charge in [-0.1, -0.05) is 13.3 Å². The van der Waals surface area contributed by atoms with E-state index in [0.29, 0.717) is 6.42 Å². The third-order valence-corrected chi connectivity index (χ3v) is 4.42. The fourth-order valence-electron chi connectivity index (χ4n) is 1.73. The number of nitrogens with one attached hydrogen (secondary N) is 1. The largest absolute Gasteiger partial charge is 0.465 e. The van der Waals surface area contributed by atoms with Gasteiger partial charge in [-0.2, -0.15) is 0 Å². The maximum Gasteiger partial charge on any atom is 0.339 e. The van der Waals surface area contributed by atoms with Crippen molar-refractivity contribution in [1.29, 1.82) is 0 Å². The van der Waals surface area contributed by atoms with E-state index >= 15 is 0 Å². The predicted molar refractivity (Wildman–Crippen MR) is 79.2 cm³/mol. The lowest BCUT2D eigenvalue weighted by Gasteiger charge is -2.11. The van der Waals surface area contributed by atoms with Crippen LogP contribution in [0.25, 0.3) is 0 Å². The number of benzene rings is 1. The molecule has 0 bridgehead atoms. The van der Waals surface area contributed by atoms with Crippen LogP contribution in [0, 0.1) is 0 Å². The molecule has 0 fully saturated rings. The Bertz CT molecular complexity index is 653. The molecule has 0 aliphatic carbocycles. The normalized spacial score (nSPS) is 11.0. The summed E-state index contributed by atoms with van der Waals surface area (Å²) in [4.78, 5) is 23.0. The van der Waals surface area contributed by atoms with E-state index in [2.05, 4.69) is 14.2 Å². The Morgan fingerprint density at radius 1 is 1.14 bits per heavy atom. The summed E-state index contributed by atoms with van der Waals surface area (Å²) >= 11 is 0. The van der Waals surface area contributed by atoms with Gasteiger partial charge in [0.25, 0.3) is 0 Å². The van der Waals surface area contributed by atoms with Crippen LogP contribution in [0.3, 0.4) is 0 Å². The Labute approximate surface area is 129 Å². The second-order valence-electron chi connectivity index (χ2n) is 4.45. The monoisotopic (exact) mass is 329 g/mol. The lowest BCUT2D eigenvalue weighted by molar-refractivity contribution is 0.0583. The number of esters is 2. The van der Waals surface area contributed by atoms with E-state index in [1.807, 2.05) is 6.92 Å². The van der Waals surface area contributed by atoms with E-state index in [9.17, 15) is 18.0 Å². The molecule has 122 valence electrons. The molecule has 0 aromatic heterocycles. The van der Waals surface area contributed by atoms with E-state index in [-0.39, 0.29) is 22.6 Å². The van der Waals surface area contributed by atoms with Crippen molar-refractivity contribution in [2.24, 2.45) is 0 Å². The van der Waals surface area contributed by atoms with Crippen molar-refractivity contribution in [2.45, 2.75) is 24.7 Å². The molecule has 1 aromatic rings. The molecule has 0 radical (unpaired) electrons. The Hall–Kier alpha value is -1.93. The quantitative estimate of drug-likeness (QED) is 0.599. The average Bonchev–Trinajstić information content (AvgIpc) is 2.52. The lowest BCUT2D eigenvalue weighted by Crippen LogP contribution is -2.27. The molecule has 0 saturated carbocycles. The van der Waals surface area contributed by atoms with Crippen molar-refractivity contribution in [3.05, 3.63) is 29.3 Å². The van der Waals surface area contributed by atoms with Gasteiger partial charge in [-0.3, -0.25) is 0 Å². The molecule has 7 nitrogen and oxygen atoms in total. The highest BCUT2D eigenvalue weighted by Gasteiger charge is 2.24. The second-order valence-corrected chi connectivity index (χ2v) is 6.18. The van der Waals surface area contributed by atoms with Crippen molar-refractivity contribution in [2.75, 3.05) is 20.8 Å². The van der Waals surface area contributed by atoms with Crippen LogP contribution in [0.5, 0.6) is 0 Å². The zero-order valence-corrected chi connectivity index (χ0v) is 13.5. The molecule has 0 heterocycles. The summed E-state index contributed by atoms with van der Waals surface area (Å²) in [5.74, 6) is -1.49. The van der Waals surface area contributed by atoms with Gasteiger partial charge >= 0.3 is 11.9 Å². The number of carbonyl (C=O) groups excluding carboxylic acids is 2. The first-order valence-electron chi connectivity index (χ1n) is 6.67. The highest BCUT2D eigenvalue weighted by atomic mass is 32.2. The fraction of sp³-hybridized carbons (Fsp3) is 0.429. The van der Waals surface area contributed by atoms with Gasteiger partial charge in [-0.05, 0) is 24.6 Å². The first-order valence-corrected chi connectivity index (χ1v) is 8.16. The third kappa shape index (κ3) is 4.28. The maximum absolute atomic E-state index is 12.3. The summed E-state index contributed by atoms with van der Waals surface area (Å²) in [6.07, 6.45) is 1.47. The summed E-state index contributed by atoms with van der Waals surface area (Å²) < 4.78 is 36.2. The zero-order valence-electron chi connectivity index (χ0n) is 12.7. The zero-order chi connectivity index (χ0) is 16.8. The molecule has 0 spiro atoms. The van der Waals surface area contributed by atoms with E-state index in [4.69, 9.17) is 0 Å². The smallest absolute Gasteiger partial charge is 0.339 e. The van der Waals surface area contributed by atoms with Gasteiger partial charge in [-0.15, -0.1) is 0 Å². The molecule has 0 saturated heterocycles. The Kier molecular flexibility index (Phi) is 6.51. The van der Waals surface area contributed by atoms with Gasteiger partial charge in [0.2, 0.25) is 10.0 Å². The Balaban J connectivity index is 3.33. The van der Waals surface area contributed by atoms with Crippen LogP contribution in [-0.4, -0.2) is 41.1 Å². The van der Waals surface area contributed by atoms with Gasteiger partial charge in [0.1, 0.15) is 0 Å². The van der Waals surface area contributed by atoms with Crippen LogP contribution in [0.15, 0.2) is 23.1 Å². The molecular weight excluding hydrogens is 310 g/mol. The number of hydrogen-bond donors (Lipinski definition) is 1. The third-order valence-electron chi connectivity index (χ3n) is 2.92. The minimum Gasteiger partial charge on any atom is -0.465 e.